The van der Waals surface area contributed by atoms with Crippen LogP contribution in [-0.4, -0.2) is 19.6 Å². The molecule has 0 saturated heterocycles. The third kappa shape index (κ3) is 2.58. The maximum atomic E-state index is 12.2. The summed E-state index contributed by atoms with van der Waals surface area (Å²) in [4.78, 5) is 1.89. The van der Waals surface area contributed by atoms with E-state index in [1.807, 2.05) is 6.92 Å². The molecule has 0 bridgehead atoms. The number of nitrogens with zero attached hydrogens (tertiary/aromatic N) is 1. The van der Waals surface area contributed by atoms with Crippen molar-refractivity contribution in [3.8, 4) is 10.6 Å². The molecule has 19 heavy (non-hydrogen) atoms. The molecule has 1 fully saturated rings. The summed E-state index contributed by atoms with van der Waals surface area (Å²) in [5.74, 6) is 0.610. The van der Waals surface area contributed by atoms with E-state index in [2.05, 4.69) is 9.88 Å². The lowest BCUT2D eigenvalue weighted by Gasteiger charge is -2.03. The molecule has 0 amide bonds. The summed E-state index contributed by atoms with van der Waals surface area (Å²) >= 11 is 1.40. The van der Waals surface area contributed by atoms with Gasteiger partial charge in [-0.2, -0.15) is 0 Å². The van der Waals surface area contributed by atoms with Crippen molar-refractivity contribution in [2.24, 2.45) is 0 Å². The highest BCUT2D eigenvalue weighted by Gasteiger charge is 2.30. The van der Waals surface area contributed by atoms with E-state index in [-0.39, 0.29) is 6.04 Å². The molecule has 0 radical (unpaired) electrons. The van der Waals surface area contributed by atoms with Crippen LogP contribution in [0.3, 0.4) is 0 Å². The second-order valence-electron chi connectivity index (χ2n) is 4.76. The lowest BCUT2D eigenvalue weighted by atomic mass is 10.3. The Morgan fingerprint density at radius 2 is 2.11 bits per heavy atom. The molecule has 1 aliphatic rings. The zero-order chi connectivity index (χ0) is 13.6. The van der Waals surface area contributed by atoms with Crippen molar-refractivity contribution in [3.05, 3.63) is 22.7 Å². The number of hydrogen-bond donors (Lipinski definition) is 1. The lowest BCUT2D eigenvalue weighted by molar-refractivity contribution is 0.428. The van der Waals surface area contributed by atoms with Crippen LogP contribution in [0.15, 0.2) is 21.6 Å². The third-order valence-electron chi connectivity index (χ3n) is 2.93. The molecule has 0 spiro atoms. The first kappa shape index (κ1) is 12.8. The van der Waals surface area contributed by atoms with Gasteiger partial charge in [0, 0.05) is 17.0 Å². The predicted molar refractivity (Wildman–Crippen MR) is 72.6 cm³/mol. The number of aryl methyl sites for hydroxylation is 2. The number of aromatic nitrogens is 1. The van der Waals surface area contributed by atoms with E-state index in [1.54, 1.807) is 19.1 Å². The predicted octanol–water partition coefficient (Wildman–Crippen LogP) is 2.46. The third-order valence-corrected chi connectivity index (χ3v) is 5.77. The van der Waals surface area contributed by atoms with Gasteiger partial charge in [0.25, 0.3) is 0 Å². The van der Waals surface area contributed by atoms with Gasteiger partial charge in [-0.15, -0.1) is 11.3 Å². The monoisotopic (exact) mass is 298 g/mol. The van der Waals surface area contributed by atoms with Gasteiger partial charge in [-0.1, -0.05) is 5.16 Å². The van der Waals surface area contributed by atoms with Crippen molar-refractivity contribution in [1.82, 2.24) is 9.88 Å². The highest BCUT2D eigenvalue weighted by Crippen LogP contribution is 2.34. The highest BCUT2D eigenvalue weighted by molar-refractivity contribution is 7.89. The quantitative estimate of drug-likeness (QED) is 0.941. The first-order valence-corrected chi connectivity index (χ1v) is 8.32. The van der Waals surface area contributed by atoms with Crippen molar-refractivity contribution in [2.75, 3.05) is 0 Å². The Hall–Kier alpha value is -1.18. The molecule has 2 aromatic rings. The standard InChI is InChI=1S/C12H14N2O3S2/c1-7-5-10(17-13-7)11-6-12(8(2)18-11)19(15,16)14-9-3-4-9/h5-6,9,14H,3-4H2,1-2H3. The number of nitrogens with one attached hydrogen (secondary N) is 1. The summed E-state index contributed by atoms with van der Waals surface area (Å²) < 4.78 is 32.3. The van der Waals surface area contributed by atoms with Crippen molar-refractivity contribution in [3.63, 3.8) is 0 Å². The van der Waals surface area contributed by atoms with Gasteiger partial charge in [0.05, 0.1) is 15.5 Å². The first-order valence-electron chi connectivity index (χ1n) is 6.02. The molecule has 0 aromatic carbocycles. The molecule has 5 nitrogen and oxygen atoms in total. The van der Waals surface area contributed by atoms with Gasteiger partial charge in [-0.3, -0.25) is 0 Å². The van der Waals surface area contributed by atoms with Crippen LogP contribution < -0.4 is 4.72 Å². The molecule has 1 aliphatic carbocycles. The molecule has 7 heteroatoms. The Bertz CT molecular complexity index is 711. The average molecular weight is 298 g/mol. The molecule has 1 saturated carbocycles. The van der Waals surface area contributed by atoms with E-state index in [1.165, 1.54) is 11.3 Å². The maximum Gasteiger partial charge on any atom is 0.241 e. The van der Waals surface area contributed by atoms with Gasteiger partial charge in [0.2, 0.25) is 10.0 Å². The normalized spacial score (nSPS) is 15.9. The molecule has 102 valence electrons. The topological polar surface area (TPSA) is 72.2 Å². The second-order valence-corrected chi connectivity index (χ2v) is 7.70. The van der Waals surface area contributed by atoms with Gasteiger partial charge in [-0.25, -0.2) is 13.1 Å². The Morgan fingerprint density at radius 1 is 1.37 bits per heavy atom. The minimum absolute atomic E-state index is 0.111. The second kappa shape index (κ2) is 4.43. The number of rotatable bonds is 4. The minimum atomic E-state index is -3.41. The zero-order valence-corrected chi connectivity index (χ0v) is 12.3. The van der Waals surface area contributed by atoms with E-state index in [4.69, 9.17) is 4.52 Å². The first-order chi connectivity index (χ1) is 8.95. The fourth-order valence-electron chi connectivity index (χ4n) is 1.82. The van der Waals surface area contributed by atoms with Crippen LogP contribution in [0.2, 0.25) is 0 Å². The summed E-state index contributed by atoms with van der Waals surface area (Å²) in [6.45, 7) is 3.64. The van der Waals surface area contributed by atoms with E-state index in [0.717, 1.165) is 28.3 Å². The van der Waals surface area contributed by atoms with Crippen molar-refractivity contribution < 1.29 is 12.9 Å². The van der Waals surface area contributed by atoms with Gasteiger partial charge >= 0.3 is 0 Å². The van der Waals surface area contributed by atoms with Gasteiger partial charge < -0.3 is 4.52 Å². The Balaban J connectivity index is 1.97. The van der Waals surface area contributed by atoms with Crippen molar-refractivity contribution in [2.45, 2.75) is 37.6 Å². The van der Waals surface area contributed by atoms with E-state index >= 15 is 0 Å². The molecule has 2 aromatic heterocycles. The molecule has 0 aliphatic heterocycles. The van der Waals surface area contributed by atoms with E-state index in [9.17, 15) is 8.42 Å². The van der Waals surface area contributed by atoms with Crippen LogP contribution in [0.4, 0.5) is 0 Å². The molecular formula is C12H14N2O3S2. The summed E-state index contributed by atoms with van der Waals surface area (Å²) in [7, 11) is -3.41. The molecule has 0 atom stereocenters. The van der Waals surface area contributed by atoms with Crippen molar-refractivity contribution >= 4 is 21.4 Å². The summed E-state index contributed by atoms with van der Waals surface area (Å²) in [5, 5.41) is 3.82. The summed E-state index contributed by atoms with van der Waals surface area (Å²) in [6, 6.07) is 3.57. The number of hydrogen-bond acceptors (Lipinski definition) is 5. The fraction of sp³-hybridized carbons (Fsp3) is 0.417. The number of sulfonamides is 1. The molecule has 0 unspecified atom stereocenters. The SMILES string of the molecule is Cc1cc(-c2cc(S(=O)(=O)NC3CC3)c(C)s2)on1. The van der Waals surface area contributed by atoms with Crippen LogP contribution >= 0.6 is 11.3 Å². The Kier molecular flexibility index (Phi) is 2.99. The maximum absolute atomic E-state index is 12.2. The molecular weight excluding hydrogens is 284 g/mol. The van der Waals surface area contributed by atoms with Gasteiger partial charge in [0.15, 0.2) is 5.76 Å². The van der Waals surface area contributed by atoms with Crippen LogP contribution in [0.5, 0.6) is 0 Å². The van der Waals surface area contributed by atoms with Crippen molar-refractivity contribution in [1.29, 1.82) is 0 Å². The Labute approximate surface area is 115 Å². The van der Waals surface area contributed by atoms with E-state index < -0.39 is 10.0 Å². The van der Waals surface area contributed by atoms with Crippen LogP contribution in [0.1, 0.15) is 23.4 Å². The Morgan fingerprint density at radius 3 is 2.68 bits per heavy atom. The van der Waals surface area contributed by atoms with Gasteiger partial charge in [-0.05, 0) is 32.8 Å². The smallest absolute Gasteiger partial charge is 0.241 e. The lowest BCUT2D eigenvalue weighted by Crippen LogP contribution is -2.25. The fourth-order valence-corrected chi connectivity index (χ4v) is 4.66. The van der Waals surface area contributed by atoms with Crippen LogP contribution in [0.25, 0.3) is 10.6 Å². The average Bonchev–Trinajstić information content (AvgIpc) is 2.86. The van der Waals surface area contributed by atoms with Gasteiger partial charge in [0.1, 0.15) is 0 Å². The largest absolute Gasteiger partial charge is 0.355 e. The summed E-state index contributed by atoms with van der Waals surface area (Å²) in [6.07, 6.45) is 1.85. The van der Waals surface area contributed by atoms with Crippen LogP contribution in [-0.2, 0) is 10.0 Å². The van der Waals surface area contributed by atoms with Crippen LogP contribution in [0, 0.1) is 13.8 Å². The molecule has 2 heterocycles. The summed E-state index contributed by atoms with van der Waals surface area (Å²) in [5.41, 5.74) is 0.779. The highest BCUT2D eigenvalue weighted by atomic mass is 32.2. The zero-order valence-electron chi connectivity index (χ0n) is 10.6. The molecule has 3 rings (SSSR count). The molecule has 1 N–H and O–H groups in total. The van der Waals surface area contributed by atoms with E-state index in [0.29, 0.717) is 10.7 Å². The number of thiophene rings is 1. The minimum Gasteiger partial charge on any atom is -0.355 e.